The highest BCUT2D eigenvalue weighted by Gasteiger charge is 2.72. The zero-order valence-electron chi connectivity index (χ0n) is 12.0. The van der Waals surface area contributed by atoms with Crippen LogP contribution in [0.3, 0.4) is 0 Å². The highest BCUT2D eigenvalue weighted by molar-refractivity contribution is 5.22. The van der Waals surface area contributed by atoms with Crippen LogP contribution in [0.5, 0.6) is 0 Å². The van der Waals surface area contributed by atoms with E-state index in [1.165, 1.54) is 6.42 Å². The molecule has 18 heavy (non-hydrogen) atoms. The van der Waals surface area contributed by atoms with Crippen molar-refractivity contribution in [3.8, 4) is 0 Å². The van der Waals surface area contributed by atoms with E-state index in [9.17, 15) is 10.2 Å². The first-order valence-electron chi connectivity index (χ1n) is 7.25. The van der Waals surface area contributed by atoms with Crippen molar-refractivity contribution in [2.75, 3.05) is 0 Å². The number of aliphatic hydroxyl groups is 2. The molecule has 0 aromatic rings. The van der Waals surface area contributed by atoms with E-state index in [-0.39, 0.29) is 11.0 Å². The number of hydrogen-bond donors (Lipinski definition) is 2. The molecule has 0 aromatic heterocycles. The Hall–Kier alpha value is -0.120. The van der Waals surface area contributed by atoms with Crippen LogP contribution in [0, 0.1) is 11.3 Å². The minimum absolute atomic E-state index is 0. The Labute approximate surface area is 110 Å². The zero-order chi connectivity index (χ0) is 13.4. The third-order valence-electron chi connectivity index (χ3n) is 6.41. The van der Waals surface area contributed by atoms with Gasteiger partial charge in [-0.25, -0.2) is 0 Å². The Morgan fingerprint density at radius 3 is 2.33 bits per heavy atom. The molecular formula is C15H26O3. The van der Waals surface area contributed by atoms with Gasteiger partial charge in [0.1, 0.15) is 11.2 Å². The van der Waals surface area contributed by atoms with Gasteiger partial charge in [-0.15, -0.1) is 0 Å². The van der Waals surface area contributed by atoms with E-state index in [0.717, 1.165) is 19.3 Å². The van der Waals surface area contributed by atoms with Crippen molar-refractivity contribution >= 4 is 0 Å². The molecule has 3 heteroatoms. The van der Waals surface area contributed by atoms with Gasteiger partial charge < -0.3 is 14.9 Å². The first-order chi connectivity index (χ1) is 8.15. The molecule has 1 heterocycles. The molecule has 0 unspecified atom stereocenters. The van der Waals surface area contributed by atoms with Crippen LogP contribution in [0.1, 0.15) is 59.8 Å². The fourth-order valence-electron chi connectivity index (χ4n) is 4.93. The van der Waals surface area contributed by atoms with Crippen LogP contribution in [0.25, 0.3) is 0 Å². The van der Waals surface area contributed by atoms with Crippen LogP contribution in [-0.4, -0.2) is 33.1 Å². The first kappa shape index (κ1) is 12.9. The Bertz CT molecular complexity index is 369. The standard InChI is InChI=1S/C15H26O3/c1-12(2)10-5-7-13(3)8-6-11(16)14(4,17)15(13,9-10)18-12/h10-11,16-17H,5-9H2,1-4H3/t10-,11+,13-,14-,15-/m1/s1. The first-order valence-corrected chi connectivity index (χ1v) is 7.25. The van der Waals surface area contributed by atoms with Gasteiger partial charge in [-0.05, 0) is 64.2 Å². The second kappa shape index (κ2) is 3.31. The van der Waals surface area contributed by atoms with Crippen LogP contribution in [0.4, 0.5) is 0 Å². The molecule has 104 valence electrons. The number of fused-ring (bicyclic) bond motifs is 1. The van der Waals surface area contributed by atoms with Crippen molar-refractivity contribution in [2.45, 2.75) is 82.7 Å². The Morgan fingerprint density at radius 1 is 1.06 bits per heavy atom. The van der Waals surface area contributed by atoms with Crippen molar-refractivity contribution in [1.82, 2.24) is 0 Å². The lowest BCUT2D eigenvalue weighted by Crippen LogP contribution is -2.70. The highest BCUT2D eigenvalue weighted by atomic mass is 16.6. The van der Waals surface area contributed by atoms with Gasteiger partial charge in [0.2, 0.25) is 0 Å². The van der Waals surface area contributed by atoms with E-state index in [4.69, 9.17) is 4.74 Å². The predicted molar refractivity (Wildman–Crippen MR) is 69.2 cm³/mol. The van der Waals surface area contributed by atoms with Gasteiger partial charge in [-0.1, -0.05) is 6.92 Å². The fourth-order valence-corrected chi connectivity index (χ4v) is 4.93. The largest absolute Gasteiger partial charge is 0.390 e. The molecule has 1 aliphatic heterocycles. The summed E-state index contributed by atoms with van der Waals surface area (Å²) >= 11 is 0. The maximum Gasteiger partial charge on any atom is 0.117 e. The Kier molecular flexibility index (Phi) is 2.37. The van der Waals surface area contributed by atoms with Crippen molar-refractivity contribution in [3.63, 3.8) is 0 Å². The molecule has 0 radical (unpaired) electrons. The molecule has 2 aliphatic carbocycles. The van der Waals surface area contributed by atoms with Crippen molar-refractivity contribution < 1.29 is 14.9 Å². The molecule has 3 fully saturated rings. The summed E-state index contributed by atoms with van der Waals surface area (Å²) in [6.07, 6.45) is 4.13. The van der Waals surface area contributed by atoms with Gasteiger partial charge in [-0.2, -0.15) is 0 Å². The van der Waals surface area contributed by atoms with Gasteiger partial charge in [0.15, 0.2) is 0 Å². The molecule has 3 aliphatic rings. The van der Waals surface area contributed by atoms with Crippen LogP contribution in [0.15, 0.2) is 0 Å². The monoisotopic (exact) mass is 254 g/mol. The predicted octanol–water partition coefficient (Wildman–Crippen LogP) is 2.25. The Morgan fingerprint density at radius 2 is 1.67 bits per heavy atom. The molecule has 0 aromatic carbocycles. The maximum absolute atomic E-state index is 10.9. The van der Waals surface area contributed by atoms with Gasteiger partial charge in [-0.3, -0.25) is 0 Å². The molecule has 5 atom stereocenters. The second-order valence-electron chi connectivity index (χ2n) is 7.73. The third kappa shape index (κ3) is 1.26. The van der Waals surface area contributed by atoms with E-state index in [0.29, 0.717) is 12.3 Å². The zero-order valence-corrected chi connectivity index (χ0v) is 12.0. The lowest BCUT2D eigenvalue weighted by Gasteiger charge is -2.60. The number of rotatable bonds is 0. The summed E-state index contributed by atoms with van der Waals surface area (Å²) in [5.41, 5.74) is -1.88. The third-order valence-corrected chi connectivity index (χ3v) is 6.41. The van der Waals surface area contributed by atoms with E-state index < -0.39 is 17.3 Å². The van der Waals surface area contributed by atoms with Crippen molar-refractivity contribution in [3.05, 3.63) is 0 Å². The summed E-state index contributed by atoms with van der Waals surface area (Å²) in [5, 5.41) is 21.2. The normalized spacial score (nSPS) is 58.3. The van der Waals surface area contributed by atoms with E-state index in [2.05, 4.69) is 20.8 Å². The van der Waals surface area contributed by atoms with Gasteiger partial charge in [0, 0.05) is 0 Å². The lowest BCUT2D eigenvalue weighted by atomic mass is 9.50. The lowest BCUT2D eigenvalue weighted by molar-refractivity contribution is -0.289. The Balaban J connectivity index is 2.12. The minimum Gasteiger partial charge on any atom is -0.390 e. The van der Waals surface area contributed by atoms with Crippen molar-refractivity contribution in [2.24, 2.45) is 11.3 Å². The molecule has 2 bridgehead atoms. The van der Waals surface area contributed by atoms with Crippen LogP contribution in [0.2, 0.25) is 0 Å². The topological polar surface area (TPSA) is 49.7 Å². The summed E-state index contributed by atoms with van der Waals surface area (Å²) in [5.74, 6) is 0.502. The smallest absolute Gasteiger partial charge is 0.117 e. The number of aliphatic hydroxyl groups excluding tert-OH is 1. The van der Waals surface area contributed by atoms with Crippen LogP contribution in [-0.2, 0) is 4.74 Å². The average Bonchev–Trinajstić information content (AvgIpc) is 2.50. The second-order valence-corrected chi connectivity index (χ2v) is 7.73. The van der Waals surface area contributed by atoms with Gasteiger partial charge in [0.25, 0.3) is 0 Å². The van der Waals surface area contributed by atoms with E-state index in [1.54, 1.807) is 6.92 Å². The maximum atomic E-state index is 10.9. The molecule has 1 saturated heterocycles. The number of hydrogen-bond acceptors (Lipinski definition) is 3. The summed E-state index contributed by atoms with van der Waals surface area (Å²) < 4.78 is 6.44. The minimum atomic E-state index is -1.13. The molecule has 0 amide bonds. The quantitative estimate of drug-likeness (QED) is 0.697. The van der Waals surface area contributed by atoms with E-state index >= 15 is 0 Å². The average molecular weight is 254 g/mol. The van der Waals surface area contributed by atoms with E-state index in [1.807, 2.05) is 0 Å². The summed E-state index contributed by atoms with van der Waals surface area (Å²) in [6, 6.07) is 0. The van der Waals surface area contributed by atoms with Gasteiger partial charge in [0.05, 0.1) is 11.7 Å². The molecular weight excluding hydrogens is 228 g/mol. The fraction of sp³-hybridized carbons (Fsp3) is 1.00. The summed E-state index contributed by atoms with van der Waals surface area (Å²) in [4.78, 5) is 0. The molecule has 3 nitrogen and oxygen atoms in total. The van der Waals surface area contributed by atoms with Crippen molar-refractivity contribution in [1.29, 1.82) is 0 Å². The summed E-state index contributed by atoms with van der Waals surface area (Å²) in [6.45, 7) is 8.29. The summed E-state index contributed by atoms with van der Waals surface area (Å²) in [7, 11) is 0. The number of ether oxygens (including phenoxy) is 1. The highest BCUT2D eigenvalue weighted by Crippen LogP contribution is 2.66. The molecule has 1 spiro atoms. The molecule has 3 rings (SSSR count). The molecule has 2 saturated carbocycles. The van der Waals surface area contributed by atoms with Gasteiger partial charge >= 0.3 is 0 Å². The van der Waals surface area contributed by atoms with Crippen LogP contribution >= 0.6 is 0 Å². The van der Waals surface area contributed by atoms with Crippen LogP contribution < -0.4 is 0 Å². The SMILES string of the molecule is CC1(C)O[C@]23C[C@H]1CC[C@]2(C)CC[C@H](O)[C@@]3(C)O. The molecule has 2 N–H and O–H groups in total.